The SMILES string of the molecule is CC(C)C[C@H](N)C(=O)N[C@@H](CCCCN)C(=O)N[C@@H](Cc1cnc[nH]1)C(=O)N[C@@H](C)C(=O)N[C@H](C(=O)N[C@H](C(=O)O)C(C)C)C(C)C. The number of carboxylic acid groups (broad SMARTS) is 1. The predicted molar refractivity (Wildman–Crippen MR) is 175 cm³/mol. The van der Waals surface area contributed by atoms with E-state index >= 15 is 0 Å². The number of carbonyl (C=O) groups excluding carboxylic acids is 5. The third-order valence-electron chi connectivity index (χ3n) is 7.48. The lowest BCUT2D eigenvalue weighted by Gasteiger charge is -2.27. The lowest BCUT2D eigenvalue weighted by Crippen LogP contribution is -2.60. The zero-order valence-electron chi connectivity index (χ0n) is 28.6. The summed E-state index contributed by atoms with van der Waals surface area (Å²) in [4.78, 5) is 84.3. The molecule has 16 heteroatoms. The van der Waals surface area contributed by atoms with E-state index in [0.717, 1.165) is 0 Å². The third-order valence-corrected chi connectivity index (χ3v) is 7.48. The first-order chi connectivity index (χ1) is 22.0. The Balaban J connectivity index is 3.10. The number of aromatic nitrogens is 2. The van der Waals surface area contributed by atoms with E-state index in [1.165, 1.54) is 19.4 Å². The van der Waals surface area contributed by atoms with Crippen LogP contribution in [-0.2, 0) is 35.2 Å². The summed E-state index contributed by atoms with van der Waals surface area (Å²) in [5.41, 5.74) is 12.2. The average Bonchev–Trinajstić information content (AvgIpc) is 3.49. The van der Waals surface area contributed by atoms with Crippen molar-refractivity contribution in [2.75, 3.05) is 6.54 Å². The second-order valence-electron chi connectivity index (χ2n) is 13.0. The number of unbranched alkanes of at least 4 members (excludes halogenated alkanes) is 1. The van der Waals surface area contributed by atoms with Crippen LogP contribution in [0.15, 0.2) is 12.5 Å². The van der Waals surface area contributed by atoms with Crippen molar-refractivity contribution in [3.05, 3.63) is 18.2 Å². The molecule has 0 saturated heterocycles. The van der Waals surface area contributed by atoms with Crippen molar-refractivity contribution in [2.45, 2.75) is 117 Å². The van der Waals surface area contributed by atoms with Gasteiger partial charge >= 0.3 is 5.97 Å². The monoisotopic (exact) mass is 665 g/mol. The molecule has 1 aromatic rings. The van der Waals surface area contributed by atoms with Crippen LogP contribution in [0.2, 0.25) is 0 Å². The van der Waals surface area contributed by atoms with Crippen molar-refractivity contribution in [2.24, 2.45) is 29.2 Å². The van der Waals surface area contributed by atoms with E-state index < -0.39 is 83.6 Å². The van der Waals surface area contributed by atoms with Crippen LogP contribution in [0.5, 0.6) is 0 Å². The summed E-state index contributed by atoms with van der Waals surface area (Å²) in [6, 6.07) is -6.37. The van der Waals surface area contributed by atoms with Crippen LogP contribution in [0.4, 0.5) is 0 Å². The van der Waals surface area contributed by atoms with Crippen LogP contribution >= 0.6 is 0 Å². The number of nitrogens with one attached hydrogen (secondary N) is 6. The van der Waals surface area contributed by atoms with Gasteiger partial charge in [0.15, 0.2) is 0 Å². The summed E-state index contributed by atoms with van der Waals surface area (Å²) >= 11 is 0. The van der Waals surface area contributed by atoms with E-state index in [-0.39, 0.29) is 18.8 Å². The number of nitrogens with two attached hydrogens (primary N) is 2. The Bertz CT molecular complexity index is 1170. The van der Waals surface area contributed by atoms with Crippen LogP contribution in [0.3, 0.4) is 0 Å². The fourth-order valence-corrected chi connectivity index (χ4v) is 4.70. The van der Waals surface area contributed by atoms with E-state index in [1.807, 2.05) is 13.8 Å². The molecule has 0 radical (unpaired) electrons. The minimum atomic E-state index is -1.20. The highest BCUT2D eigenvalue weighted by atomic mass is 16.4. The lowest BCUT2D eigenvalue weighted by molar-refractivity contribution is -0.143. The van der Waals surface area contributed by atoms with Gasteiger partial charge in [0.2, 0.25) is 29.5 Å². The first-order valence-electron chi connectivity index (χ1n) is 16.2. The van der Waals surface area contributed by atoms with Gasteiger partial charge in [0.05, 0.1) is 12.4 Å². The number of H-pyrrole nitrogens is 1. The molecule has 1 heterocycles. The smallest absolute Gasteiger partial charge is 0.326 e. The number of hydrogen-bond acceptors (Lipinski definition) is 9. The van der Waals surface area contributed by atoms with Gasteiger partial charge in [-0.15, -0.1) is 0 Å². The van der Waals surface area contributed by atoms with Crippen molar-refractivity contribution >= 4 is 35.5 Å². The standard InChI is InChI=1S/C31H55N9O7/c1-16(2)12-21(33)27(42)37-22(10-8-9-11-32)28(43)38-23(13-20-14-34-15-35-20)29(44)36-19(7)26(41)39-24(17(3)4)30(45)40-25(18(5)6)31(46)47/h14-19,21-25H,8-13,32-33H2,1-7H3,(H,34,35)(H,36,44)(H,37,42)(H,38,43)(H,39,41)(H,40,45)(H,46,47)/t19-,21-,22-,23-,24-,25-/m0/s1. The molecule has 47 heavy (non-hydrogen) atoms. The van der Waals surface area contributed by atoms with Crippen LogP contribution in [0, 0.1) is 17.8 Å². The van der Waals surface area contributed by atoms with E-state index in [4.69, 9.17) is 11.5 Å². The van der Waals surface area contributed by atoms with Gasteiger partial charge in [-0.2, -0.15) is 0 Å². The highest BCUT2D eigenvalue weighted by molar-refractivity contribution is 5.96. The van der Waals surface area contributed by atoms with Crippen molar-refractivity contribution in [3.63, 3.8) is 0 Å². The van der Waals surface area contributed by atoms with Gasteiger partial charge < -0.3 is 48.1 Å². The minimum absolute atomic E-state index is 0.00888. The Morgan fingerprint density at radius 1 is 0.766 bits per heavy atom. The van der Waals surface area contributed by atoms with Gasteiger partial charge in [0, 0.05) is 18.3 Å². The van der Waals surface area contributed by atoms with Crippen LogP contribution in [0.25, 0.3) is 0 Å². The van der Waals surface area contributed by atoms with Gasteiger partial charge in [-0.25, -0.2) is 9.78 Å². The molecule has 0 unspecified atom stereocenters. The van der Waals surface area contributed by atoms with Gasteiger partial charge in [-0.05, 0) is 56.9 Å². The second kappa shape index (κ2) is 20.2. The number of nitrogens with zero attached hydrogens (tertiary/aromatic N) is 1. The molecule has 0 aliphatic carbocycles. The van der Waals surface area contributed by atoms with Gasteiger partial charge in [0.1, 0.15) is 30.2 Å². The number of aliphatic carboxylic acids is 1. The molecule has 266 valence electrons. The molecule has 0 fully saturated rings. The highest BCUT2D eigenvalue weighted by Crippen LogP contribution is 2.09. The Morgan fingerprint density at radius 2 is 1.34 bits per heavy atom. The maximum absolute atomic E-state index is 13.5. The fourth-order valence-electron chi connectivity index (χ4n) is 4.70. The molecule has 0 spiro atoms. The quantitative estimate of drug-likeness (QED) is 0.0745. The van der Waals surface area contributed by atoms with E-state index in [1.54, 1.807) is 27.7 Å². The van der Waals surface area contributed by atoms with Crippen molar-refractivity contribution in [3.8, 4) is 0 Å². The number of hydrogen-bond donors (Lipinski definition) is 9. The number of imidazole rings is 1. The third kappa shape index (κ3) is 14.5. The maximum atomic E-state index is 13.5. The zero-order chi connectivity index (χ0) is 35.8. The molecule has 16 nitrogen and oxygen atoms in total. The topological polar surface area (TPSA) is 264 Å². The van der Waals surface area contributed by atoms with Gasteiger partial charge in [-0.1, -0.05) is 41.5 Å². The molecule has 0 aromatic carbocycles. The zero-order valence-corrected chi connectivity index (χ0v) is 28.6. The van der Waals surface area contributed by atoms with Crippen LogP contribution < -0.4 is 38.1 Å². The fraction of sp³-hybridized carbons (Fsp3) is 0.710. The van der Waals surface area contributed by atoms with E-state index in [9.17, 15) is 33.9 Å². The molecule has 1 aromatic heterocycles. The van der Waals surface area contributed by atoms with Crippen molar-refractivity contribution in [1.82, 2.24) is 36.6 Å². The number of aromatic amines is 1. The number of amides is 5. The first-order valence-corrected chi connectivity index (χ1v) is 16.2. The summed E-state index contributed by atoms with van der Waals surface area (Å²) < 4.78 is 0. The maximum Gasteiger partial charge on any atom is 0.326 e. The summed E-state index contributed by atoms with van der Waals surface area (Å²) in [6.45, 7) is 12.3. The molecular weight excluding hydrogens is 610 g/mol. The van der Waals surface area contributed by atoms with Crippen LogP contribution in [0.1, 0.15) is 79.8 Å². The molecule has 1 rings (SSSR count). The van der Waals surface area contributed by atoms with E-state index in [2.05, 4.69) is 36.6 Å². The highest BCUT2D eigenvalue weighted by Gasteiger charge is 2.33. The summed E-state index contributed by atoms with van der Waals surface area (Å²) in [5.74, 6) is -5.01. The molecule has 0 bridgehead atoms. The number of carboxylic acids is 1. The van der Waals surface area contributed by atoms with Crippen molar-refractivity contribution < 1.29 is 33.9 Å². The summed E-state index contributed by atoms with van der Waals surface area (Å²) in [7, 11) is 0. The minimum Gasteiger partial charge on any atom is -0.480 e. The molecular formula is C31H55N9O7. The number of rotatable bonds is 21. The molecule has 0 aliphatic heterocycles. The Kier molecular flexibility index (Phi) is 17.6. The van der Waals surface area contributed by atoms with Crippen molar-refractivity contribution in [1.29, 1.82) is 0 Å². The molecule has 0 saturated carbocycles. The van der Waals surface area contributed by atoms with Crippen LogP contribution in [-0.4, -0.2) is 93.4 Å². The van der Waals surface area contributed by atoms with E-state index in [0.29, 0.717) is 31.5 Å². The van der Waals surface area contributed by atoms with Gasteiger partial charge in [0.25, 0.3) is 0 Å². The summed E-state index contributed by atoms with van der Waals surface area (Å²) in [6.07, 6.45) is 4.74. The largest absolute Gasteiger partial charge is 0.480 e. The Morgan fingerprint density at radius 3 is 1.85 bits per heavy atom. The Labute approximate surface area is 276 Å². The lowest BCUT2D eigenvalue weighted by atomic mass is 10.00. The molecule has 5 amide bonds. The molecule has 0 aliphatic rings. The molecule has 11 N–H and O–H groups in total. The Hall–Kier alpha value is -4.05. The second-order valence-corrected chi connectivity index (χ2v) is 13.0. The normalized spacial score (nSPS) is 15.2. The average molecular weight is 666 g/mol. The first kappa shape index (κ1) is 41.0. The van der Waals surface area contributed by atoms with Gasteiger partial charge in [-0.3, -0.25) is 24.0 Å². The number of carbonyl (C=O) groups is 6. The molecule has 6 atom stereocenters. The predicted octanol–water partition coefficient (Wildman–Crippen LogP) is -0.705. The summed E-state index contributed by atoms with van der Waals surface area (Å²) in [5, 5.41) is 22.5.